The predicted molar refractivity (Wildman–Crippen MR) is 219 cm³/mol. The number of furan rings is 1. The van der Waals surface area contributed by atoms with Crippen molar-refractivity contribution < 1.29 is 34.4 Å². The summed E-state index contributed by atoms with van der Waals surface area (Å²) in [5.41, 5.74) is 5.50. The third-order valence-electron chi connectivity index (χ3n) is 11.2. The number of carbonyl (C=O) groups excluding carboxylic acids is 1. The van der Waals surface area contributed by atoms with Crippen LogP contribution in [0.3, 0.4) is 0 Å². The van der Waals surface area contributed by atoms with Crippen LogP contribution in [-0.4, -0.2) is 20.9 Å². The molecule has 281 valence electrons. The van der Waals surface area contributed by atoms with Crippen LogP contribution in [0.5, 0.6) is 0 Å². The summed E-state index contributed by atoms with van der Waals surface area (Å²) in [6.07, 6.45) is 7.46. The van der Waals surface area contributed by atoms with Gasteiger partial charge >= 0.3 is 0 Å². The molecule has 6 rings (SSSR count). The zero-order valence-electron chi connectivity index (χ0n) is 33.0. The standard InChI is InChI=1S/C29H27N2OS2.C15H28O2.Ir/c1-15(2)11-22-16(3)23-21(34-22)8-7-19-24-25(30-14-31-28(24)32-26(19)23)18-12-17-9-10-33-27(17)20(13-18)29(4,5)6;1-7-14(5,8-2)12(16)11-13(17)15(6,9-3)10-4;/h7-10,13-15H,11H2,1-6H3;11,16H,7-10H2,1-6H3;/q-1;;/b;12-11-;. The molecule has 0 amide bonds. The van der Waals surface area contributed by atoms with E-state index in [2.05, 4.69) is 82.2 Å². The van der Waals surface area contributed by atoms with Crippen LogP contribution in [0, 0.1) is 29.7 Å². The van der Waals surface area contributed by atoms with E-state index in [0.29, 0.717) is 11.6 Å². The summed E-state index contributed by atoms with van der Waals surface area (Å²) in [5.74, 6) is 0.906. The molecule has 0 fully saturated rings. The molecule has 0 atom stereocenters. The summed E-state index contributed by atoms with van der Waals surface area (Å²) in [7, 11) is 0. The Hall–Kier alpha value is -2.90. The second-order valence-electron chi connectivity index (χ2n) is 16.0. The van der Waals surface area contributed by atoms with E-state index in [1.165, 1.54) is 36.9 Å². The van der Waals surface area contributed by atoms with Crippen LogP contribution in [0.4, 0.5) is 0 Å². The van der Waals surface area contributed by atoms with Gasteiger partial charge in [-0.1, -0.05) is 87.3 Å². The van der Waals surface area contributed by atoms with Crippen LogP contribution in [0.2, 0.25) is 0 Å². The Balaban J connectivity index is 0.000000289. The minimum absolute atomic E-state index is 0. The van der Waals surface area contributed by atoms with Crippen LogP contribution in [0.25, 0.3) is 53.5 Å². The molecule has 2 aromatic carbocycles. The number of ketones is 1. The largest absolute Gasteiger partial charge is 0.512 e. The number of allylic oxidation sites excluding steroid dienone is 2. The molecule has 4 heterocycles. The molecule has 0 saturated carbocycles. The molecule has 0 aliphatic carbocycles. The van der Waals surface area contributed by atoms with Crippen LogP contribution >= 0.6 is 22.7 Å². The zero-order valence-corrected chi connectivity index (χ0v) is 37.0. The summed E-state index contributed by atoms with van der Waals surface area (Å²) >= 11 is 3.66. The monoisotopic (exact) mass is 916 g/mol. The first-order valence-electron chi connectivity index (χ1n) is 18.5. The van der Waals surface area contributed by atoms with Gasteiger partial charge in [0, 0.05) is 68.4 Å². The average Bonchev–Trinajstić information content (AvgIpc) is 3.81. The van der Waals surface area contributed by atoms with Crippen LogP contribution in [0.1, 0.15) is 118 Å². The quantitative estimate of drug-likeness (QED) is 0.0842. The second-order valence-corrected chi connectivity index (χ2v) is 18.1. The van der Waals surface area contributed by atoms with Gasteiger partial charge < -0.3 is 9.52 Å². The van der Waals surface area contributed by atoms with Crippen molar-refractivity contribution in [3.63, 3.8) is 0 Å². The van der Waals surface area contributed by atoms with Crippen molar-refractivity contribution in [3.05, 3.63) is 69.9 Å². The Morgan fingerprint density at radius 2 is 1.62 bits per heavy atom. The van der Waals surface area contributed by atoms with Gasteiger partial charge in [-0.15, -0.1) is 34.9 Å². The van der Waals surface area contributed by atoms with E-state index in [9.17, 15) is 9.90 Å². The Bertz CT molecular complexity index is 2220. The topological polar surface area (TPSA) is 76.2 Å². The number of hydrogen-bond donors (Lipinski definition) is 1. The van der Waals surface area contributed by atoms with E-state index in [-0.39, 0.29) is 47.9 Å². The minimum atomic E-state index is -0.337. The van der Waals surface area contributed by atoms with E-state index in [1.54, 1.807) is 17.7 Å². The molecule has 8 heteroatoms. The van der Waals surface area contributed by atoms with Crippen LogP contribution < -0.4 is 0 Å². The number of aliphatic hydroxyl groups is 1. The first-order chi connectivity index (χ1) is 24.0. The molecule has 0 aliphatic heterocycles. The fraction of sp³-hybridized carbons (Fsp3) is 0.477. The third kappa shape index (κ3) is 7.97. The number of nitrogens with zero attached hydrogens (tertiary/aromatic N) is 2. The molecule has 1 radical (unpaired) electrons. The average molecular weight is 916 g/mol. The van der Waals surface area contributed by atoms with Crippen LogP contribution in [0.15, 0.2) is 52.2 Å². The molecule has 52 heavy (non-hydrogen) atoms. The summed E-state index contributed by atoms with van der Waals surface area (Å²) in [5, 5.41) is 16.7. The molecular weight excluding hydrogens is 861 g/mol. The number of thiophene rings is 2. The molecule has 1 N–H and O–H groups in total. The van der Waals surface area contributed by atoms with Crippen molar-refractivity contribution in [3.8, 4) is 11.3 Å². The van der Waals surface area contributed by atoms with E-state index in [0.717, 1.165) is 65.1 Å². The number of benzene rings is 2. The van der Waals surface area contributed by atoms with Gasteiger partial charge in [0.15, 0.2) is 5.78 Å². The number of hydrogen-bond acceptors (Lipinski definition) is 7. The Kier molecular flexibility index (Phi) is 13.1. The van der Waals surface area contributed by atoms with Crippen molar-refractivity contribution >= 4 is 70.7 Å². The first kappa shape index (κ1) is 41.8. The molecule has 0 aliphatic rings. The molecule has 0 saturated heterocycles. The molecule has 0 unspecified atom stereocenters. The third-order valence-corrected chi connectivity index (χ3v) is 13.4. The fourth-order valence-corrected chi connectivity index (χ4v) is 9.09. The van der Waals surface area contributed by atoms with Gasteiger partial charge in [0.25, 0.3) is 0 Å². The fourth-order valence-electron chi connectivity index (χ4n) is 6.59. The minimum Gasteiger partial charge on any atom is -0.512 e. The molecule has 5 nitrogen and oxygen atoms in total. The second kappa shape index (κ2) is 16.2. The summed E-state index contributed by atoms with van der Waals surface area (Å²) in [4.78, 5) is 22.9. The van der Waals surface area contributed by atoms with E-state index < -0.39 is 0 Å². The normalized spacial score (nSPS) is 12.9. The van der Waals surface area contributed by atoms with Gasteiger partial charge in [-0.3, -0.25) is 9.78 Å². The maximum Gasteiger partial charge on any atom is 0.223 e. The van der Waals surface area contributed by atoms with Gasteiger partial charge in [-0.2, -0.15) is 11.3 Å². The van der Waals surface area contributed by atoms with E-state index in [1.807, 2.05) is 52.9 Å². The summed E-state index contributed by atoms with van der Waals surface area (Å²) in [6.45, 7) is 25.6. The summed E-state index contributed by atoms with van der Waals surface area (Å²) < 4.78 is 9.01. The maximum atomic E-state index is 12.2. The maximum absolute atomic E-state index is 12.2. The molecule has 0 spiro atoms. The number of carbonyl (C=O) groups is 1. The number of aliphatic hydroxyl groups excluding tert-OH is 1. The smallest absolute Gasteiger partial charge is 0.223 e. The number of fused-ring (bicyclic) bond motifs is 6. The summed E-state index contributed by atoms with van der Waals surface area (Å²) in [6, 6.07) is 12.5. The van der Waals surface area contributed by atoms with E-state index >= 15 is 0 Å². The predicted octanol–water partition coefficient (Wildman–Crippen LogP) is 13.7. The van der Waals surface area contributed by atoms with Crippen molar-refractivity contribution in [2.45, 2.75) is 121 Å². The zero-order chi connectivity index (χ0) is 37.5. The van der Waals surface area contributed by atoms with Gasteiger partial charge in [0.05, 0.1) is 0 Å². The van der Waals surface area contributed by atoms with Gasteiger partial charge in [-0.05, 0) is 78.1 Å². The van der Waals surface area contributed by atoms with Gasteiger partial charge in [0.2, 0.25) is 5.71 Å². The van der Waals surface area contributed by atoms with Crippen molar-refractivity contribution in [2.24, 2.45) is 16.7 Å². The molecule has 6 aromatic rings. The van der Waals surface area contributed by atoms with E-state index in [4.69, 9.17) is 9.40 Å². The number of aromatic nitrogens is 2. The van der Waals surface area contributed by atoms with Gasteiger partial charge in [-0.25, -0.2) is 4.98 Å². The SMILES string of the molecule is CCC(C)(CC)C(=O)/C=C(\O)C(C)(CC)CC.Cc1c(CC(C)C)sc2ccc3c(oc4ncnc(-c5[c-]c6ccsc6c(C(C)(C)C)c5)c43)c12.[Ir]. The molecule has 4 aromatic heterocycles. The number of rotatable bonds is 10. The molecular formula is C44H55IrN2O3S2-. The molecule has 0 bridgehead atoms. The van der Waals surface area contributed by atoms with Crippen molar-refractivity contribution in [1.29, 1.82) is 0 Å². The Labute approximate surface area is 331 Å². The first-order valence-corrected chi connectivity index (χ1v) is 20.2. The van der Waals surface area contributed by atoms with Crippen molar-refractivity contribution in [1.82, 2.24) is 9.97 Å². The number of aryl methyl sites for hydroxylation is 1. The van der Waals surface area contributed by atoms with Gasteiger partial charge in [0.1, 0.15) is 17.7 Å². The Morgan fingerprint density at radius 1 is 0.962 bits per heavy atom. The van der Waals surface area contributed by atoms with Crippen LogP contribution in [-0.2, 0) is 36.7 Å². The van der Waals surface area contributed by atoms with Crippen molar-refractivity contribution in [2.75, 3.05) is 0 Å². The Morgan fingerprint density at radius 3 is 2.21 bits per heavy atom.